The Morgan fingerprint density at radius 2 is 1.76 bits per heavy atom. The summed E-state index contributed by atoms with van der Waals surface area (Å²) in [6.45, 7) is 2.07. The van der Waals surface area contributed by atoms with Gasteiger partial charge in [0.15, 0.2) is 0 Å². The lowest BCUT2D eigenvalue weighted by Gasteiger charge is -2.20. The molecular weight excluding hydrogens is 328 g/mol. The zero-order valence-electron chi connectivity index (χ0n) is 13.3. The lowest BCUT2D eigenvalue weighted by molar-refractivity contribution is 0.0999. The van der Waals surface area contributed by atoms with Crippen LogP contribution in [0.4, 0.5) is 14.7 Å². The van der Waals surface area contributed by atoms with E-state index in [1.54, 1.807) is 0 Å². The Morgan fingerprint density at radius 1 is 1.16 bits per heavy atom. The summed E-state index contributed by atoms with van der Waals surface area (Å²) in [6, 6.07) is 3.90. The number of anilines is 1. The summed E-state index contributed by atoms with van der Waals surface area (Å²) < 4.78 is 26.4. The highest BCUT2D eigenvalue weighted by Crippen LogP contribution is 2.46. The smallest absolute Gasteiger partial charge is 0.251 e. The molecule has 1 amide bonds. The number of halogens is 2. The number of carbonyl (C=O) groups is 1. The van der Waals surface area contributed by atoms with Crippen molar-refractivity contribution >= 4 is 11.9 Å². The molecule has 25 heavy (non-hydrogen) atoms. The van der Waals surface area contributed by atoms with Crippen LogP contribution in [0, 0.1) is 23.5 Å². The van der Waals surface area contributed by atoms with E-state index in [4.69, 9.17) is 5.73 Å². The number of rotatable bonds is 5. The highest BCUT2D eigenvalue weighted by Gasteiger charge is 2.55. The average molecular weight is 345 g/mol. The summed E-state index contributed by atoms with van der Waals surface area (Å²) in [4.78, 5) is 21.5. The van der Waals surface area contributed by atoms with Gasteiger partial charge in [-0.3, -0.25) is 4.79 Å². The van der Waals surface area contributed by atoms with E-state index in [9.17, 15) is 13.6 Å². The van der Waals surface area contributed by atoms with E-state index < -0.39 is 17.5 Å². The molecule has 1 aliphatic carbocycles. The van der Waals surface area contributed by atoms with E-state index in [-0.39, 0.29) is 5.56 Å². The third-order valence-electron chi connectivity index (χ3n) is 4.86. The number of primary amides is 1. The van der Waals surface area contributed by atoms with Crippen LogP contribution >= 0.6 is 0 Å². The van der Waals surface area contributed by atoms with Crippen molar-refractivity contribution < 1.29 is 13.6 Å². The fraction of sp³-hybridized carbons (Fsp3) is 0.353. The summed E-state index contributed by atoms with van der Waals surface area (Å²) in [7, 11) is 0. The van der Waals surface area contributed by atoms with Crippen molar-refractivity contribution in [2.24, 2.45) is 17.6 Å². The molecule has 0 radical (unpaired) electrons. The van der Waals surface area contributed by atoms with Gasteiger partial charge in [0, 0.05) is 44.1 Å². The van der Waals surface area contributed by atoms with Gasteiger partial charge in [-0.2, -0.15) is 0 Å². The normalized spacial score (nSPS) is 24.2. The van der Waals surface area contributed by atoms with Crippen molar-refractivity contribution in [2.75, 3.05) is 18.0 Å². The molecule has 8 heteroatoms. The Kier molecular flexibility index (Phi) is 3.84. The molecule has 2 unspecified atom stereocenters. The highest BCUT2D eigenvalue weighted by atomic mass is 19.1. The zero-order valence-corrected chi connectivity index (χ0v) is 13.3. The number of nitrogens with one attached hydrogen (secondary N) is 1. The van der Waals surface area contributed by atoms with Crippen LogP contribution in [0.1, 0.15) is 15.9 Å². The van der Waals surface area contributed by atoms with Gasteiger partial charge in [-0.25, -0.2) is 18.7 Å². The van der Waals surface area contributed by atoms with Gasteiger partial charge >= 0.3 is 0 Å². The number of nitrogens with two attached hydrogens (primary N) is 1. The van der Waals surface area contributed by atoms with Crippen molar-refractivity contribution in [3.63, 3.8) is 0 Å². The van der Waals surface area contributed by atoms with E-state index in [1.807, 2.05) is 0 Å². The molecular formula is C17H17F2N5O. The highest BCUT2D eigenvalue weighted by molar-refractivity contribution is 5.92. The van der Waals surface area contributed by atoms with Gasteiger partial charge in [-0.05, 0) is 29.5 Å². The number of fused-ring (bicyclic) bond motifs is 1. The average Bonchev–Trinajstić information content (AvgIpc) is 3.02. The molecule has 0 bridgehead atoms. The number of amides is 1. The second-order valence-corrected chi connectivity index (χ2v) is 6.55. The first kappa shape index (κ1) is 15.9. The summed E-state index contributed by atoms with van der Waals surface area (Å²) in [5.41, 5.74) is 6.07. The van der Waals surface area contributed by atoms with E-state index in [0.717, 1.165) is 19.2 Å². The van der Waals surface area contributed by atoms with Crippen LogP contribution in [-0.4, -0.2) is 35.0 Å². The molecule has 1 aromatic heterocycles. The number of aromatic nitrogens is 2. The molecule has 130 valence electrons. The van der Waals surface area contributed by atoms with Crippen molar-refractivity contribution in [1.29, 1.82) is 0 Å². The van der Waals surface area contributed by atoms with Crippen molar-refractivity contribution in [3.8, 4) is 0 Å². The molecule has 1 aromatic carbocycles. The van der Waals surface area contributed by atoms with Crippen LogP contribution in [0.3, 0.4) is 0 Å². The standard InChI is InChI=1S/C17H17F2N5O/c18-11-1-9(2-12(19)3-11)4-21-15-13-7-24(8-14(13)15)17-22-5-10(6-23-17)16(20)25/h1-3,5-6,13-15,21H,4,7-8H2,(H2,20,25). The molecule has 2 aliphatic rings. The number of benzene rings is 1. The Morgan fingerprint density at radius 3 is 2.32 bits per heavy atom. The molecule has 1 aliphatic heterocycles. The molecule has 1 saturated heterocycles. The Balaban J connectivity index is 1.31. The second kappa shape index (κ2) is 6.03. The maximum Gasteiger partial charge on any atom is 0.251 e. The van der Waals surface area contributed by atoms with Crippen LogP contribution in [-0.2, 0) is 6.54 Å². The first-order valence-corrected chi connectivity index (χ1v) is 8.06. The largest absolute Gasteiger partial charge is 0.366 e. The maximum atomic E-state index is 13.2. The van der Waals surface area contributed by atoms with Crippen molar-refractivity contribution in [3.05, 3.63) is 53.4 Å². The topological polar surface area (TPSA) is 84.1 Å². The van der Waals surface area contributed by atoms with Crippen LogP contribution in [0.15, 0.2) is 30.6 Å². The van der Waals surface area contributed by atoms with Crippen molar-refractivity contribution in [1.82, 2.24) is 15.3 Å². The fourth-order valence-electron chi connectivity index (χ4n) is 3.55. The predicted molar refractivity (Wildman–Crippen MR) is 86.7 cm³/mol. The van der Waals surface area contributed by atoms with Gasteiger partial charge < -0.3 is 16.0 Å². The number of piperidine rings is 1. The molecule has 3 N–H and O–H groups in total. The molecule has 2 aromatic rings. The van der Waals surface area contributed by atoms with Gasteiger partial charge in [-0.15, -0.1) is 0 Å². The summed E-state index contributed by atoms with van der Waals surface area (Å²) in [6.07, 6.45) is 2.87. The van der Waals surface area contributed by atoms with Gasteiger partial charge in [0.2, 0.25) is 5.95 Å². The maximum absolute atomic E-state index is 13.2. The number of nitrogens with zero attached hydrogens (tertiary/aromatic N) is 3. The SMILES string of the molecule is NC(=O)c1cnc(N2CC3C(C2)C3NCc2cc(F)cc(F)c2)nc1. The van der Waals surface area contributed by atoms with Gasteiger partial charge in [0.1, 0.15) is 11.6 Å². The third kappa shape index (κ3) is 3.17. The zero-order chi connectivity index (χ0) is 17.6. The second-order valence-electron chi connectivity index (χ2n) is 6.55. The van der Waals surface area contributed by atoms with E-state index in [0.29, 0.717) is 35.9 Å². The molecule has 2 heterocycles. The predicted octanol–water partition coefficient (Wildman–Crippen LogP) is 1.08. The van der Waals surface area contributed by atoms with Crippen molar-refractivity contribution in [2.45, 2.75) is 12.6 Å². The van der Waals surface area contributed by atoms with E-state index in [2.05, 4.69) is 20.2 Å². The van der Waals surface area contributed by atoms with Crippen LogP contribution in [0.5, 0.6) is 0 Å². The summed E-state index contributed by atoms with van der Waals surface area (Å²) in [5, 5.41) is 3.36. The molecule has 0 spiro atoms. The minimum atomic E-state index is -0.560. The fourth-order valence-corrected chi connectivity index (χ4v) is 3.55. The van der Waals surface area contributed by atoms with E-state index >= 15 is 0 Å². The van der Waals surface area contributed by atoms with Gasteiger partial charge in [0.05, 0.1) is 5.56 Å². The van der Waals surface area contributed by atoms with Crippen LogP contribution in [0.25, 0.3) is 0 Å². The summed E-state index contributed by atoms with van der Waals surface area (Å²) in [5.74, 6) is -0.140. The minimum Gasteiger partial charge on any atom is -0.366 e. The third-order valence-corrected chi connectivity index (χ3v) is 4.86. The Bertz CT molecular complexity index is 781. The van der Waals surface area contributed by atoms with Gasteiger partial charge in [-0.1, -0.05) is 0 Å². The molecule has 1 saturated carbocycles. The first-order chi connectivity index (χ1) is 12.0. The summed E-state index contributed by atoms with van der Waals surface area (Å²) >= 11 is 0. The lowest BCUT2D eigenvalue weighted by atomic mass is 10.2. The quantitative estimate of drug-likeness (QED) is 0.847. The molecule has 4 rings (SSSR count). The minimum absolute atomic E-state index is 0.287. The number of hydrogen-bond acceptors (Lipinski definition) is 5. The van der Waals surface area contributed by atoms with Crippen LogP contribution in [0.2, 0.25) is 0 Å². The molecule has 6 nitrogen and oxygen atoms in total. The molecule has 2 fully saturated rings. The molecule has 2 atom stereocenters. The number of hydrogen-bond donors (Lipinski definition) is 2. The van der Waals surface area contributed by atoms with E-state index in [1.165, 1.54) is 24.5 Å². The monoisotopic (exact) mass is 345 g/mol. The van der Waals surface area contributed by atoms with Crippen LogP contribution < -0.4 is 16.0 Å². The van der Waals surface area contributed by atoms with Gasteiger partial charge in [0.25, 0.3) is 5.91 Å². The number of carbonyl (C=O) groups excluding carboxylic acids is 1. The Hall–Kier alpha value is -2.61. The Labute approximate surface area is 143 Å². The first-order valence-electron chi connectivity index (χ1n) is 8.06. The lowest BCUT2D eigenvalue weighted by Crippen LogP contribution is -2.32.